The highest BCUT2D eigenvalue weighted by Gasteiger charge is 2.25. The molecule has 0 unspecified atom stereocenters. The van der Waals surface area contributed by atoms with Crippen molar-refractivity contribution in [3.63, 3.8) is 0 Å². The zero-order valence-electron chi connectivity index (χ0n) is 11.4. The second-order valence-corrected chi connectivity index (χ2v) is 5.19. The van der Waals surface area contributed by atoms with E-state index in [-0.39, 0.29) is 5.41 Å². The molecule has 0 N–H and O–H groups in total. The molecule has 0 aliphatic rings. The van der Waals surface area contributed by atoms with E-state index in [0.29, 0.717) is 0 Å². The molecule has 96 valence electrons. The second-order valence-electron chi connectivity index (χ2n) is 4.87. The van der Waals surface area contributed by atoms with Crippen molar-refractivity contribution in [2.24, 2.45) is 5.41 Å². The van der Waals surface area contributed by atoms with Crippen LogP contribution in [0.25, 0.3) is 0 Å². The first-order valence-electron chi connectivity index (χ1n) is 6.38. The molecule has 0 fully saturated rings. The first-order chi connectivity index (χ1) is 8.08. The Hall–Kier alpha value is -0.630. The van der Waals surface area contributed by atoms with Crippen molar-refractivity contribution in [1.82, 2.24) is 0 Å². The third kappa shape index (κ3) is 3.41. The molecule has 0 heterocycles. The highest BCUT2D eigenvalue weighted by molar-refractivity contribution is 7.80. The third-order valence-electron chi connectivity index (χ3n) is 3.77. The number of hydrogen-bond donors (Lipinski definition) is 1. The Bertz CT molecular complexity index is 327. The third-order valence-corrected chi connectivity index (χ3v) is 4.44. The number of aryl methyl sites for hydroxylation is 2. The van der Waals surface area contributed by atoms with Gasteiger partial charge in [0.1, 0.15) is 5.75 Å². The monoisotopic (exact) mass is 252 g/mol. The van der Waals surface area contributed by atoms with Gasteiger partial charge in [-0.1, -0.05) is 32.0 Å². The van der Waals surface area contributed by atoms with Crippen LogP contribution < -0.4 is 4.74 Å². The van der Waals surface area contributed by atoms with Crippen LogP contribution in [0.5, 0.6) is 5.75 Å². The SMILES string of the molecule is CCC(CC)(CS)COc1c(C)cccc1C. The molecule has 0 saturated carbocycles. The van der Waals surface area contributed by atoms with Gasteiger partial charge in [-0.2, -0.15) is 12.6 Å². The minimum atomic E-state index is 0.206. The van der Waals surface area contributed by atoms with Crippen molar-refractivity contribution >= 4 is 12.6 Å². The van der Waals surface area contributed by atoms with Gasteiger partial charge in [0.05, 0.1) is 6.61 Å². The van der Waals surface area contributed by atoms with Crippen LogP contribution in [0, 0.1) is 19.3 Å². The Morgan fingerprint density at radius 1 is 1.12 bits per heavy atom. The molecule has 0 radical (unpaired) electrons. The van der Waals surface area contributed by atoms with Gasteiger partial charge >= 0.3 is 0 Å². The summed E-state index contributed by atoms with van der Waals surface area (Å²) in [4.78, 5) is 0. The number of para-hydroxylation sites is 1. The Balaban J connectivity index is 2.79. The zero-order chi connectivity index (χ0) is 12.9. The number of benzene rings is 1. The molecule has 17 heavy (non-hydrogen) atoms. The molecular weight excluding hydrogens is 228 g/mol. The van der Waals surface area contributed by atoms with Crippen molar-refractivity contribution in [1.29, 1.82) is 0 Å². The van der Waals surface area contributed by atoms with E-state index >= 15 is 0 Å². The quantitative estimate of drug-likeness (QED) is 0.737. The lowest BCUT2D eigenvalue weighted by atomic mass is 9.85. The van der Waals surface area contributed by atoms with Crippen LogP contribution in [0.2, 0.25) is 0 Å². The smallest absolute Gasteiger partial charge is 0.125 e. The molecule has 0 aliphatic heterocycles. The predicted molar refractivity (Wildman–Crippen MR) is 78.3 cm³/mol. The molecule has 0 aromatic heterocycles. The van der Waals surface area contributed by atoms with Gasteiger partial charge in [-0.25, -0.2) is 0 Å². The average molecular weight is 252 g/mol. The highest BCUT2D eigenvalue weighted by atomic mass is 32.1. The van der Waals surface area contributed by atoms with Gasteiger partial charge in [-0.15, -0.1) is 0 Å². The molecule has 0 amide bonds. The summed E-state index contributed by atoms with van der Waals surface area (Å²) >= 11 is 4.48. The maximum atomic E-state index is 6.06. The predicted octanol–water partition coefficient (Wildman–Crippen LogP) is 4.42. The molecule has 1 aromatic carbocycles. The molecule has 0 spiro atoms. The first kappa shape index (κ1) is 14.4. The molecular formula is C15H24OS. The van der Waals surface area contributed by atoms with Gasteiger partial charge in [0.2, 0.25) is 0 Å². The molecule has 1 rings (SSSR count). The fourth-order valence-electron chi connectivity index (χ4n) is 1.98. The minimum Gasteiger partial charge on any atom is -0.492 e. The van der Waals surface area contributed by atoms with E-state index in [1.54, 1.807) is 0 Å². The largest absolute Gasteiger partial charge is 0.492 e. The van der Waals surface area contributed by atoms with Gasteiger partial charge < -0.3 is 4.74 Å². The molecule has 2 heteroatoms. The second kappa shape index (κ2) is 6.34. The molecule has 1 aromatic rings. The topological polar surface area (TPSA) is 9.23 Å². The molecule has 0 bridgehead atoms. The van der Waals surface area contributed by atoms with E-state index in [0.717, 1.165) is 31.0 Å². The minimum absolute atomic E-state index is 0.206. The average Bonchev–Trinajstić information content (AvgIpc) is 2.34. The van der Waals surface area contributed by atoms with Crippen LogP contribution in [-0.4, -0.2) is 12.4 Å². The van der Waals surface area contributed by atoms with Crippen LogP contribution in [0.1, 0.15) is 37.8 Å². The van der Waals surface area contributed by atoms with Crippen molar-refractivity contribution < 1.29 is 4.74 Å². The Morgan fingerprint density at radius 2 is 1.65 bits per heavy atom. The first-order valence-corrected chi connectivity index (χ1v) is 7.01. The summed E-state index contributed by atoms with van der Waals surface area (Å²) in [6, 6.07) is 6.27. The Kier molecular flexibility index (Phi) is 5.38. The number of rotatable bonds is 6. The lowest BCUT2D eigenvalue weighted by Gasteiger charge is -2.30. The van der Waals surface area contributed by atoms with E-state index in [1.165, 1.54) is 11.1 Å². The fraction of sp³-hybridized carbons (Fsp3) is 0.600. The summed E-state index contributed by atoms with van der Waals surface area (Å²) < 4.78 is 6.06. The zero-order valence-corrected chi connectivity index (χ0v) is 12.3. The van der Waals surface area contributed by atoms with Gasteiger partial charge in [0.25, 0.3) is 0 Å². The van der Waals surface area contributed by atoms with Gasteiger partial charge in [0, 0.05) is 5.41 Å². The van der Waals surface area contributed by atoms with Crippen LogP contribution in [0.3, 0.4) is 0 Å². The van der Waals surface area contributed by atoms with E-state index < -0.39 is 0 Å². The number of hydrogen-bond acceptors (Lipinski definition) is 2. The van der Waals surface area contributed by atoms with Crippen molar-refractivity contribution in [3.8, 4) is 5.75 Å². The Morgan fingerprint density at radius 3 is 2.06 bits per heavy atom. The maximum absolute atomic E-state index is 6.06. The summed E-state index contributed by atoms with van der Waals surface area (Å²) in [6.07, 6.45) is 2.22. The van der Waals surface area contributed by atoms with Crippen molar-refractivity contribution in [2.45, 2.75) is 40.5 Å². The molecule has 0 saturated heterocycles. The van der Waals surface area contributed by atoms with E-state index in [2.05, 4.69) is 58.5 Å². The number of ether oxygens (including phenoxy) is 1. The van der Waals surface area contributed by atoms with Crippen LogP contribution in [0.4, 0.5) is 0 Å². The Labute approximate surface area is 111 Å². The standard InChI is InChI=1S/C15H24OS/c1-5-15(6-2,11-17)10-16-14-12(3)8-7-9-13(14)4/h7-9,17H,5-6,10-11H2,1-4H3. The maximum Gasteiger partial charge on any atom is 0.125 e. The van der Waals surface area contributed by atoms with Crippen LogP contribution >= 0.6 is 12.6 Å². The van der Waals surface area contributed by atoms with E-state index in [4.69, 9.17) is 4.74 Å². The summed E-state index contributed by atoms with van der Waals surface area (Å²) in [6.45, 7) is 9.39. The molecule has 0 aliphatic carbocycles. The van der Waals surface area contributed by atoms with Gasteiger partial charge in [-0.3, -0.25) is 0 Å². The van der Waals surface area contributed by atoms with Crippen molar-refractivity contribution in [3.05, 3.63) is 29.3 Å². The lowest BCUT2D eigenvalue weighted by Crippen LogP contribution is -2.29. The summed E-state index contributed by atoms with van der Waals surface area (Å²) in [7, 11) is 0. The number of thiol groups is 1. The normalized spacial score (nSPS) is 11.6. The van der Waals surface area contributed by atoms with Crippen LogP contribution in [0.15, 0.2) is 18.2 Å². The summed E-state index contributed by atoms with van der Waals surface area (Å²) in [5.74, 6) is 1.92. The van der Waals surface area contributed by atoms with Gasteiger partial charge in [0.15, 0.2) is 0 Å². The van der Waals surface area contributed by atoms with E-state index in [9.17, 15) is 0 Å². The molecule has 1 nitrogen and oxygen atoms in total. The van der Waals surface area contributed by atoms with Crippen molar-refractivity contribution in [2.75, 3.05) is 12.4 Å². The molecule has 0 atom stereocenters. The van der Waals surface area contributed by atoms with Gasteiger partial charge in [-0.05, 0) is 43.6 Å². The summed E-state index contributed by atoms with van der Waals surface area (Å²) in [5.41, 5.74) is 2.63. The fourth-order valence-corrected chi connectivity index (χ4v) is 2.51. The van der Waals surface area contributed by atoms with E-state index in [1.807, 2.05) is 0 Å². The lowest BCUT2D eigenvalue weighted by molar-refractivity contribution is 0.155. The summed E-state index contributed by atoms with van der Waals surface area (Å²) in [5, 5.41) is 0. The highest BCUT2D eigenvalue weighted by Crippen LogP contribution is 2.31. The van der Waals surface area contributed by atoms with Crippen LogP contribution in [-0.2, 0) is 0 Å².